The minimum Gasteiger partial charge on any atom is -0.383 e. The topological polar surface area (TPSA) is 35.9 Å². The van der Waals surface area contributed by atoms with Crippen molar-refractivity contribution in [2.24, 2.45) is 9.81 Å². The van der Waals surface area contributed by atoms with Gasteiger partial charge in [-0.15, -0.1) is 0 Å². The van der Waals surface area contributed by atoms with Crippen LogP contribution in [0.3, 0.4) is 0 Å². The van der Waals surface area contributed by atoms with Gasteiger partial charge in [-0.05, 0) is 41.5 Å². The van der Waals surface area contributed by atoms with Crippen LogP contribution in [-0.4, -0.2) is 50.6 Å². The Labute approximate surface area is 150 Å². The van der Waals surface area contributed by atoms with Crippen molar-refractivity contribution < 1.29 is 4.79 Å². The minimum atomic E-state index is 0.512. The number of benzene rings is 1. The standard InChI is InChI=1S/C14H20N2S.C5H9NO/c1-14(2)9-13(14)11-5-7-12(8-6-11)17-15-10-16(3)4;1-6(2)4-3-5-7/h5-8,10,13H,9H2,1-4H3;3-5H,1-2H3/b15-10+;4-3-. The Hall–Kier alpha value is -1.75. The zero-order valence-electron chi connectivity index (χ0n) is 15.6. The van der Waals surface area contributed by atoms with Crippen molar-refractivity contribution in [1.29, 1.82) is 0 Å². The monoisotopic (exact) mass is 347 g/mol. The third-order valence-electron chi connectivity index (χ3n) is 3.69. The van der Waals surface area contributed by atoms with E-state index in [0.29, 0.717) is 5.41 Å². The Bertz CT molecular complexity index is 562. The number of aldehydes is 1. The van der Waals surface area contributed by atoms with Crippen molar-refractivity contribution in [3.8, 4) is 0 Å². The molecule has 2 rings (SSSR count). The fraction of sp³-hybridized carbons (Fsp3) is 0.474. The fourth-order valence-electron chi connectivity index (χ4n) is 2.18. The second kappa shape index (κ2) is 9.52. The van der Waals surface area contributed by atoms with Crippen LogP contribution in [0.4, 0.5) is 0 Å². The summed E-state index contributed by atoms with van der Waals surface area (Å²) in [4.78, 5) is 14.5. The third kappa shape index (κ3) is 7.68. The van der Waals surface area contributed by atoms with Crippen molar-refractivity contribution in [2.45, 2.75) is 31.1 Å². The molecule has 0 spiro atoms. The molecule has 24 heavy (non-hydrogen) atoms. The first-order valence-electron chi connectivity index (χ1n) is 8.01. The van der Waals surface area contributed by atoms with Gasteiger partial charge in [-0.2, -0.15) is 0 Å². The molecule has 5 heteroatoms. The third-order valence-corrected chi connectivity index (χ3v) is 4.38. The summed E-state index contributed by atoms with van der Waals surface area (Å²) >= 11 is 1.52. The summed E-state index contributed by atoms with van der Waals surface area (Å²) in [5, 5.41) is 0. The summed E-state index contributed by atoms with van der Waals surface area (Å²) in [6.07, 6.45) is 7.02. The number of nitrogens with zero attached hydrogens (tertiary/aromatic N) is 3. The molecule has 0 heterocycles. The molecule has 0 aromatic heterocycles. The first-order valence-corrected chi connectivity index (χ1v) is 8.79. The number of rotatable bonds is 6. The van der Waals surface area contributed by atoms with Crippen LogP contribution in [0.1, 0.15) is 31.7 Å². The van der Waals surface area contributed by atoms with Gasteiger partial charge in [0.2, 0.25) is 0 Å². The van der Waals surface area contributed by atoms with Crippen molar-refractivity contribution in [3.05, 3.63) is 42.1 Å². The van der Waals surface area contributed by atoms with Crippen LogP contribution in [0.5, 0.6) is 0 Å². The zero-order valence-corrected chi connectivity index (χ0v) is 16.4. The van der Waals surface area contributed by atoms with Crippen LogP contribution in [0.2, 0.25) is 0 Å². The van der Waals surface area contributed by atoms with E-state index in [1.807, 2.05) is 39.4 Å². The molecule has 0 amide bonds. The lowest BCUT2D eigenvalue weighted by Gasteiger charge is -2.05. The molecule has 1 saturated carbocycles. The van der Waals surface area contributed by atoms with Crippen LogP contribution in [-0.2, 0) is 4.79 Å². The smallest absolute Gasteiger partial charge is 0.144 e. The predicted octanol–water partition coefficient (Wildman–Crippen LogP) is 4.06. The van der Waals surface area contributed by atoms with Crippen LogP contribution >= 0.6 is 11.9 Å². The van der Waals surface area contributed by atoms with Crippen LogP contribution in [0, 0.1) is 5.41 Å². The van der Waals surface area contributed by atoms with Gasteiger partial charge in [0, 0.05) is 51.2 Å². The van der Waals surface area contributed by atoms with Crippen molar-refractivity contribution >= 4 is 24.6 Å². The molecule has 1 unspecified atom stereocenters. The summed E-state index contributed by atoms with van der Waals surface area (Å²) in [7, 11) is 7.67. The van der Waals surface area contributed by atoms with Gasteiger partial charge in [-0.1, -0.05) is 26.0 Å². The number of carbonyl (C=O) groups excluding carboxylic acids is 1. The largest absolute Gasteiger partial charge is 0.383 e. The van der Waals surface area contributed by atoms with Gasteiger partial charge in [-0.3, -0.25) is 4.79 Å². The lowest BCUT2D eigenvalue weighted by molar-refractivity contribution is -0.104. The molecule has 1 aromatic rings. The van der Waals surface area contributed by atoms with Crippen LogP contribution in [0.15, 0.2) is 45.8 Å². The second-order valence-electron chi connectivity index (χ2n) is 7.03. The molecule has 1 aliphatic rings. The van der Waals surface area contributed by atoms with E-state index >= 15 is 0 Å². The highest BCUT2D eigenvalue weighted by Gasteiger charge is 2.46. The maximum atomic E-state index is 9.60. The molecule has 0 saturated heterocycles. The molecule has 132 valence electrons. The van der Waals surface area contributed by atoms with Gasteiger partial charge in [0.15, 0.2) is 0 Å². The summed E-state index contributed by atoms with van der Waals surface area (Å²) < 4.78 is 4.28. The highest BCUT2D eigenvalue weighted by Crippen LogP contribution is 2.58. The van der Waals surface area contributed by atoms with E-state index < -0.39 is 0 Å². The molecular formula is C19H29N3OS. The summed E-state index contributed by atoms with van der Waals surface area (Å²) in [6.45, 7) is 4.67. The molecule has 1 fully saturated rings. The van der Waals surface area contributed by atoms with Crippen LogP contribution in [0.25, 0.3) is 0 Å². The van der Waals surface area contributed by atoms with Gasteiger partial charge < -0.3 is 9.80 Å². The molecular weight excluding hydrogens is 318 g/mol. The lowest BCUT2D eigenvalue weighted by atomic mass is 10.0. The van der Waals surface area contributed by atoms with Gasteiger partial charge >= 0.3 is 0 Å². The van der Waals surface area contributed by atoms with E-state index in [0.717, 1.165) is 12.2 Å². The number of hydrogen-bond donors (Lipinski definition) is 0. The summed E-state index contributed by atoms with van der Waals surface area (Å²) in [5.74, 6) is 0.756. The average molecular weight is 348 g/mol. The summed E-state index contributed by atoms with van der Waals surface area (Å²) in [6, 6.07) is 8.82. The number of carbonyl (C=O) groups is 1. The van der Waals surface area contributed by atoms with Crippen molar-refractivity contribution in [1.82, 2.24) is 9.80 Å². The maximum absolute atomic E-state index is 9.60. The molecule has 1 aromatic carbocycles. The van der Waals surface area contributed by atoms with Gasteiger partial charge in [0.25, 0.3) is 0 Å². The molecule has 0 N–H and O–H groups in total. The highest BCUT2D eigenvalue weighted by atomic mass is 32.2. The van der Waals surface area contributed by atoms with E-state index in [1.54, 1.807) is 11.1 Å². The molecule has 0 bridgehead atoms. The molecule has 0 radical (unpaired) electrons. The normalized spacial score (nSPS) is 18.2. The zero-order chi connectivity index (χ0) is 18.2. The first-order chi connectivity index (χ1) is 11.3. The Balaban J connectivity index is 0.000000351. The van der Waals surface area contributed by atoms with Crippen LogP contribution < -0.4 is 0 Å². The van der Waals surface area contributed by atoms with E-state index in [4.69, 9.17) is 0 Å². The van der Waals surface area contributed by atoms with Gasteiger partial charge in [0.05, 0.1) is 6.34 Å². The fourth-order valence-corrected chi connectivity index (χ4v) is 2.80. The second-order valence-corrected chi connectivity index (χ2v) is 7.90. The highest BCUT2D eigenvalue weighted by molar-refractivity contribution is 7.98. The molecule has 1 atom stereocenters. The van der Waals surface area contributed by atoms with E-state index in [1.165, 1.54) is 34.9 Å². The molecule has 4 nitrogen and oxygen atoms in total. The van der Waals surface area contributed by atoms with Gasteiger partial charge in [0.1, 0.15) is 6.29 Å². The number of hydrogen-bond acceptors (Lipinski definition) is 4. The summed E-state index contributed by atoms with van der Waals surface area (Å²) in [5.41, 5.74) is 1.98. The average Bonchev–Trinajstić information content (AvgIpc) is 3.15. The molecule has 1 aliphatic carbocycles. The van der Waals surface area contributed by atoms with Crippen molar-refractivity contribution in [3.63, 3.8) is 0 Å². The predicted molar refractivity (Wildman–Crippen MR) is 105 cm³/mol. The Kier molecular flexibility index (Phi) is 8.05. The van der Waals surface area contributed by atoms with E-state index in [2.05, 4.69) is 42.5 Å². The quantitative estimate of drug-likeness (QED) is 0.256. The minimum absolute atomic E-state index is 0.512. The Morgan fingerprint density at radius 1 is 1.12 bits per heavy atom. The van der Waals surface area contributed by atoms with Gasteiger partial charge in [-0.25, -0.2) is 4.40 Å². The Morgan fingerprint density at radius 2 is 1.71 bits per heavy atom. The van der Waals surface area contributed by atoms with E-state index in [-0.39, 0.29) is 0 Å². The van der Waals surface area contributed by atoms with Crippen molar-refractivity contribution in [2.75, 3.05) is 28.2 Å². The Morgan fingerprint density at radius 3 is 2.08 bits per heavy atom. The molecule has 0 aliphatic heterocycles. The number of allylic oxidation sites excluding steroid dienone is 1. The van der Waals surface area contributed by atoms with E-state index in [9.17, 15) is 4.79 Å². The maximum Gasteiger partial charge on any atom is 0.144 e. The SMILES string of the molecule is CN(C)/C=C\C=O.CN(C)/C=N/Sc1ccc(C2CC2(C)C)cc1. The lowest BCUT2D eigenvalue weighted by Crippen LogP contribution is -2.06. The first kappa shape index (κ1) is 20.3.